The number of furan rings is 1. The fraction of sp³-hybridized carbons (Fsp3) is 0.467. The SMILES string of the molecule is COCC(C)CNC(C)c1cc2ccccc2o1. The fourth-order valence-corrected chi connectivity index (χ4v) is 2.04. The topological polar surface area (TPSA) is 34.4 Å². The van der Waals surface area contributed by atoms with Crippen molar-refractivity contribution in [3.05, 3.63) is 36.1 Å². The first kappa shape index (κ1) is 13.1. The summed E-state index contributed by atoms with van der Waals surface area (Å²) in [6.07, 6.45) is 0. The third kappa shape index (κ3) is 3.12. The molecule has 0 fully saturated rings. The van der Waals surface area contributed by atoms with Crippen molar-refractivity contribution in [2.45, 2.75) is 19.9 Å². The molecule has 0 bridgehead atoms. The van der Waals surface area contributed by atoms with E-state index in [0.717, 1.165) is 29.9 Å². The summed E-state index contributed by atoms with van der Waals surface area (Å²) >= 11 is 0. The van der Waals surface area contributed by atoms with Crippen LogP contribution in [-0.4, -0.2) is 20.3 Å². The number of benzene rings is 1. The van der Waals surface area contributed by atoms with Crippen LogP contribution in [0.3, 0.4) is 0 Å². The van der Waals surface area contributed by atoms with Crippen molar-refractivity contribution in [3.63, 3.8) is 0 Å². The van der Waals surface area contributed by atoms with Gasteiger partial charge in [-0.15, -0.1) is 0 Å². The Morgan fingerprint density at radius 2 is 2.06 bits per heavy atom. The van der Waals surface area contributed by atoms with Gasteiger partial charge in [-0.1, -0.05) is 25.1 Å². The first-order chi connectivity index (χ1) is 8.70. The molecule has 2 unspecified atom stereocenters. The molecule has 0 radical (unpaired) electrons. The van der Waals surface area contributed by atoms with E-state index in [9.17, 15) is 0 Å². The average Bonchev–Trinajstić information content (AvgIpc) is 2.80. The minimum atomic E-state index is 0.219. The maximum absolute atomic E-state index is 5.83. The number of methoxy groups -OCH3 is 1. The van der Waals surface area contributed by atoms with Gasteiger partial charge in [0.2, 0.25) is 0 Å². The zero-order valence-electron chi connectivity index (χ0n) is 11.3. The fourth-order valence-electron chi connectivity index (χ4n) is 2.04. The quantitative estimate of drug-likeness (QED) is 0.850. The highest BCUT2D eigenvalue weighted by atomic mass is 16.5. The van der Waals surface area contributed by atoms with E-state index in [2.05, 4.69) is 31.3 Å². The summed E-state index contributed by atoms with van der Waals surface area (Å²) in [4.78, 5) is 0. The molecule has 0 aliphatic heterocycles. The molecule has 0 saturated heterocycles. The molecule has 3 nitrogen and oxygen atoms in total. The van der Waals surface area contributed by atoms with Gasteiger partial charge in [0.15, 0.2) is 0 Å². The van der Waals surface area contributed by atoms with Crippen LogP contribution in [0.2, 0.25) is 0 Å². The van der Waals surface area contributed by atoms with Crippen molar-refractivity contribution in [2.24, 2.45) is 5.92 Å². The number of hydrogen-bond acceptors (Lipinski definition) is 3. The Bertz CT molecular complexity index is 459. The summed E-state index contributed by atoms with van der Waals surface area (Å²) in [5, 5.41) is 4.63. The molecule has 0 spiro atoms. The molecular weight excluding hydrogens is 226 g/mol. The smallest absolute Gasteiger partial charge is 0.134 e. The Kier molecular flexibility index (Phi) is 4.39. The lowest BCUT2D eigenvalue weighted by Crippen LogP contribution is -2.26. The number of nitrogens with one attached hydrogen (secondary N) is 1. The van der Waals surface area contributed by atoms with E-state index in [-0.39, 0.29) is 6.04 Å². The Morgan fingerprint density at radius 3 is 2.78 bits per heavy atom. The summed E-state index contributed by atoms with van der Waals surface area (Å²) in [6, 6.07) is 10.4. The first-order valence-corrected chi connectivity index (χ1v) is 6.41. The summed E-state index contributed by atoms with van der Waals surface area (Å²) in [5.41, 5.74) is 0.950. The zero-order valence-corrected chi connectivity index (χ0v) is 11.3. The number of rotatable bonds is 6. The molecule has 0 aliphatic carbocycles. The maximum Gasteiger partial charge on any atom is 0.134 e. The second-order valence-corrected chi connectivity index (χ2v) is 4.88. The van der Waals surface area contributed by atoms with E-state index >= 15 is 0 Å². The van der Waals surface area contributed by atoms with E-state index in [0.29, 0.717) is 5.92 Å². The molecule has 0 amide bonds. The van der Waals surface area contributed by atoms with Crippen molar-refractivity contribution in [3.8, 4) is 0 Å². The molecule has 3 heteroatoms. The minimum absolute atomic E-state index is 0.219. The minimum Gasteiger partial charge on any atom is -0.459 e. The third-order valence-corrected chi connectivity index (χ3v) is 3.10. The van der Waals surface area contributed by atoms with Crippen molar-refractivity contribution < 1.29 is 9.15 Å². The van der Waals surface area contributed by atoms with Gasteiger partial charge >= 0.3 is 0 Å². The average molecular weight is 247 g/mol. The normalized spacial score (nSPS) is 14.8. The van der Waals surface area contributed by atoms with Gasteiger partial charge in [0.25, 0.3) is 0 Å². The van der Waals surface area contributed by atoms with Gasteiger partial charge in [-0.3, -0.25) is 0 Å². The molecule has 0 aliphatic rings. The second-order valence-electron chi connectivity index (χ2n) is 4.88. The molecule has 98 valence electrons. The van der Waals surface area contributed by atoms with Gasteiger partial charge in [-0.05, 0) is 25.0 Å². The van der Waals surface area contributed by atoms with Crippen molar-refractivity contribution in [1.29, 1.82) is 0 Å². The lowest BCUT2D eigenvalue weighted by molar-refractivity contribution is 0.156. The van der Waals surface area contributed by atoms with Crippen LogP contribution in [0.1, 0.15) is 25.6 Å². The Hall–Kier alpha value is -1.32. The lowest BCUT2D eigenvalue weighted by Gasteiger charge is -2.15. The largest absolute Gasteiger partial charge is 0.459 e. The number of hydrogen-bond donors (Lipinski definition) is 1. The molecule has 1 N–H and O–H groups in total. The number of fused-ring (bicyclic) bond motifs is 1. The van der Waals surface area contributed by atoms with Gasteiger partial charge in [-0.25, -0.2) is 0 Å². The van der Waals surface area contributed by atoms with Crippen LogP contribution < -0.4 is 5.32 Å². The van der Waals surface area contributed by atoms with Crippen LogP contribution in [0.25, 0.3) is 11.0 Å². The monoisotopic (exact) mass is 247 g/mol. The predicted molar refractivity (Wildman–Crippen MR) is 73.7 cm³/mol. The first-order valence-electron chi connectivity index (χ1n) is 6.41. The van der Waals surface area contributed by atoms with Crippen molar-refractivity contribution in [2.75, 3.05) is 20.3 Å². The van der Waals surface area contributed by atoms with E-state index in [1.807, 2.05) is 18.2 Å². The Labute approximate surface area is 108 Å². The van der Waals surface area contributed by atoms with Gasteiger partial charge < -0.3 is 14.5 Å². The van der Waals surface area contributed by atoms with Crippen molar-refractivity contribution >= 4 is 11.0 Å². The summed E-state index contributed by atoms with van der Waals surface area (Å²) in [5.74, 6) is 1.49. The van der Waals surface area contributed by atoms with Gasteiger partial charge in [0.1, 0.15) is 11.3 Å². The van der Waals surface area contributed by atoms with Gasteiger partial charge in [-0.2, -0.15) is 0 Å². The van der Waals surface area contributed by atoms with Crippen LogP contribution in [-0.2, 0) is 4.74 Å². The molecule has 1 aromatic heterocycles. The lowest BCUT2D eigenvalue weighted by atomic mass is 10.1. The second kappa shape index (κ2) is 6.03. The predicted octanol–water partition coefficient (Wildman–Crippen LogP) is 3.37. The highest BCUT2D eigenvalue weighted by molar-refractivity contribution is 5.77. The van der Waals surface area contributed by atoms with Crippen LogP contribution in [0.5, 0.6) is 0 Å². The highest BCUT2D eigenvalue weighted by Crippen LogP contribution is 2.23. The van der Waals surface area contributed by atoms with E-state index in [1.54, 1.807) is 7.11 Å². The third-order valence-electron chi connectivity index (χ3n) is 3.10. The van der Waals surface area contributed by atoms with Crippen LogP contribution in [0, 0.1) is 5.92 Å². The molecule has 18 heavy (non-hydrogen) atoms. The van der Waals surface area contributed by atoms with Crippen LogP contribution in [0.4, 0.5) is 0 Å². The number of ether oxygens (including phenoxy) is 1. The van der Waals surface area contributed by atoms with Gasteiger partial charge in [0, 0.05) is 25.6 Å². The highest BCUT2D eigenvalue weighted by Gasteiger charge is 2.12. The molecule has 1 aromatic carbocycles. The summed E-state index contributed by atoms with van der Waals surface area (Å²) < 4.78 is 11.0. The molecular formula is C15H21NO2. The van der Waals surface area contributed by atoms with Crippen LogP contribution >= 0.6 is 0 Å². The molecule has 2 aromatic rings. The molecule has 2 atom stereocenters. The molecule has 1 heterocycles. The Balaban J connectivity index is 1.98. The van der Waals surface area contributed by atoms with Gasteiger partial charge in [0.05, 0.1) is 6.04 Å². The van der Waals surface area contributed by atoms with E-state index < -0.39 is 0 Å². The van der Waals surface area contributed by atoms with E-state index in [4.69, 9.17) is 9.15 Å². The van der Waals surface area contributed by atoms with Crippen LogP contribution in [0.15, 0.2) is 34.7 Å². The molecule has 2 rings (SSSR count). The van der Waals surface area contributed by atoms with E-state index in [1.165, 1.54) is 0 Å². The zero-order chi connectivity index (χ0) is 13.0. The van der Waals surface area contributed by atoms with Crippen molar-refractivity contribution in [1.82, 2.24) is 5.32 Å². The summed E-state index contributed by atoms with van der Waals surface area (Å²) in [6.45, 7) is 5.99. The maximum atomic E-state index is 5.83. The number of para-hydroxylation sites is 1. The molecule has 0 saturated carbocycles. The standard InChI is InChI=1S/C15H21NO2/c1-11(10-17-3)9-16-12(2)15-8-13-6-4-5-7-14(13)18-15/h4-8,11-12,16H,9-10H2,1-3H3. The summed E-state index contributed by atoms with van der Waals surface area (Å²) in [7, 11) is 1.74. The Morgan fingerprint density at radius 1 is 1.28 bits per heavy atom.